The third kappa shape index (κ3) is 2.64. The number of phenols is 1. The molecule has 0 spiro atoms. The van der Waals surface area contributed by atoms with E-state index in [0.717, 1.165) is 12.1 Å². The van der Waals surface area contributed by atoms with Crippen LogP contribution in [0.1, 0.15) is 5.56 Å². The van der Waals surface area contributed by atoms with E-state index in [1.165, 1.54) is 22.7 Å². The van der Waals surface area contributed by atoms with Crippen LogP contribution < -0.4 is 0 Å². The van der Waals surface area contributed by atoms with E-state index in [9.17, 15) is 18.3 Å². The maximum Gasteiger partial charge on any atom is 0.416 e. The first-order chi connectivity index (χ1) is 11.8. The number of aromatic hydroxyl groups is 1. The summed E-state index contributed by atoms with van der Waals surface area (Å²) in [4.78, 5) is 8.34. The van der Waals surface area contributed by atoms with Gasteiger partial charge < -0.3 is 5.11 Å². The Morgan fingerprint density at radius 3 is 2.40 bits per heavy atom. The highest BCUT2D eigenvalue weighted by Crippen LogP contribution is 2.32. The van der Waals surface area contributed by atoms with Gasteiger partial charge in [0, 0.05) is 10.9 Å². The number of rotatable bonds is 1. The zero-order chi connectivity index (χ0) is 17.8. The molecule has 0 amide bonds. The molecule has 25 heavy (non-hydrogen) atoms. The van der Waals surface area contributed by atoms with E-state index in [-0.39, 0.29) is 16.5 Å². The molecular weight excluding hydrogens is 357 g/mol. The van der Waals surface area contributed by atoms with E-state index in [0.29, 0.717) is 22.4 Å². The van der Waals surface area contributed by atoms with Gasteiger partial charge in [-0.3, -0.25) is 0 Å². The zero-order valence-corrected chi connectivity index (χ0v) is 13.0. The molecule has 1 N–H and O–H groups in total. The van der Waals surface area contributed by atoms with E-state index in [1.54, 1.807) is 12.1 Å². The topological polar surface area (TPSA) is 63.3 Å². The highest BCUT2D eigenvalue weighted by Gasteiger charge is 2.31. The number of benzene rings is 2. The predicted octanol–water partition coefficient (Wildman–Crippen LogP) is 4.32. The highest BCUT2D eigenvalue weighted by molar-refractivity contribution is 6.29. The summed E-state index contributed by atoms with van der Waals surface area (Å²) in [6.45, 7) is 0. The lowest BCUT2D eigenvalue weighted by atomic mass is 10.1. The van der Waals surface area contributed by atoms with Crippen LogP contribution in [0.4, 0.5) is 13.2 Å². The summed E-state index contributed by atoms with van der Waals surface area (Å²) in [5.41, 5.74) is 0.188. The third-order valence-electron chi connectivity index (χ3n) is 3.69. The van der Waals surface area contributed by atoms with Crippen molar-refractivity contribution in [1.29, 1.82) is 0 Å². The molecule has 9 heteroatoms. The molecule has 126 valence electrons. The first-order valence-electron chi connectivity index (χ1n) is 7.05. The SMILES string of the molecule is Oc1ccc(-c2nc3c4ccc(C(F)(F)F)cc4nc(Cl)n3n2)cc1. The van der Waals surface area contributed by atoms with Gasteiger partial charge in [-0.05, 0) is 54.1 Å². The average molecular weight is 365 g/mol. The highest BCUT2D eigenvalue weighted by atomic mass is 35.5. The van der Waals surface area contributed by atoms with Gasteiger partial charge in [0.05, 0.1) is 11.1 Å². The standard InChI is InChI=1S/C16H8ClF3N4O/c17-15-21-12-7-9(16(18,19)20)3-6-11(12)14-22-13(23-24(14)15)8-1-4-10(25)5-2-8/h1-7,25H. The van der Waals surface area contributed by atoms with Crippen molar-refractivity contribution in [3.63, 3.8) is 0 Å². The predicted molar refractivity (Wildman–Crippen MR) is 85.4 cm³/mol. The van der Waals surface area contributed by atoms with Gasteiger partial charge in [0.15, 0.2) is 11.5 Å². The van der Waals surface area contributed by atoms with Crippen molar-refractivity contribution in [2.75, 3.05) is 0 Å². The van der Waals surface area contributed by atoms with Crippen LogP contribution in [0.5, 0.6) is 5.75 Å². The van der Waals surface area contributed by atoms with Crippen LogP contribution in [0.3, 0.4) is 0 Å². The fourth-order valence-electron chi connectivity index (χ4n) is 2.48. The fraction of sp³-hybridized carbons (Fsp3) is 0.0625. The summed E-state index contributed by atoms with van der Waals surface area (Å²) in [7, 11) is 0. The molecule has 0 saturated carbocycles. The summed E-state index contributed by atoms with van der Waals surface area (Å²) in [5.74, 6) is 0.411. The van der Waals surface area contributed by atoms with Crippen molar-refractivity contribution in [3.8, 4) is 17.1 Å². The number of hydrogen-bond acceptors (Lipinski definition) is 4. The summed E-state index contributed by atoms with van der Waals surface area (Å²) >= 11 is 6.06. The summed E-state index contributed by atoms with van der Waals surface area (Å²) in [6, 6.07) is 9.39. The molecule has 0 atom stereocenters. The molecule has 0 fully saturated rings. The van der Waals surface area contributed by atoms with Crippen LogP contribution in [0.15, 0.2) is 42.5 Å². The van der Waals surface area contributed by atoms with Crippen molar-refractivity contribution in [2.45, 2.75) is 6.18 Å². The van der Waals surface area contributed by atoms with Crippen molar-refractivity contribution in [1.82, 2.24) is 19.6 Å². The second-order valence-electron chi connectivity index (χ2n) is 5.33. The lowest BCUT2D eigenvalue weighted by Gasteiger charge is -2.07. The molecule has 0 bridgehead atoms. The van der Waals surface area contributed by atoms with Crippen LogP contribution in [0.2, 0.25) is 5.28 Å². The van der Waals surface area contributed by atoms with Crippen LogP contribution in [0, 0.1) is 0 Å². The number of aromatic nitrogens is 4. The van der Waals surface area contributed by atoms with Crippen molar-refractivity contribution in [2.24, 2.45) is 0 Å². The molecular formula is C16H8ClF3N4O. The molecule has 2 aromatic carbocycles. The maximum atomic E-state index is 12.9. The molecule has 0 unspecified atom stereocenters. The molecule has 0 aliphatic heterocycles. The minimum atomic E-state index is -4.47. The molecule has 0 saturated heterocycles. The Kier molecular flexibility index (Phi) is 3.33. The molecule has 2 heterocycles. The van der Waals surface area contributed by atoms with Crippen molar-refractivity contribution < 1.29 is 18.3 Å². The number of alkyl halides is 3. The quantitative estimate of drug-likeness (QED) is 0.511. The number of nitrogens with zero attached hydrogens (tertiary/aromatic N) is 4. The molecule has 5 nitrogen and oxygen atoms in total. The number of phenolic OH excluding ortho intramolecular Hbond substituents is 1. The van der Waals surface area contributed by atoms with E-state index in [2.05, 4.69) is 15.1 Å². The second-order valence-corrected chi connectivity index (χ2v) is 5.67. The second kappa shape index (κ2) is 5.32. The van der Waals surface area contributed by atoms with E-state index >= 15 is 0 Å². The van der Waals surface area contributed by atoms with E-state index < -0.39 is 11.7 Å². The molecule has 0 radical (unpaired) electrons. The Morgan fingerprint density at radius 2 is 1.72 bits per heavy atom. The summed E-state index contributed by atoms with van der Waals surface area (Å²) < 4.78 is 39.9. The first-order valence-corrected chi connectivity index (χ1v) is 7.43. The molecule has 4 rings (SSSR count). The Labute approximate surface area is 143 Å². The zero-order valence-electron chi connectivity index (χ0n) is 12.3. The fourth-order valence-corrected chi connectivity index (χ4v) is 2.69. The minimum absolute atomic E-state index is 0.0805. The van der Waals surface area contributed by atoms with Gasteiger partial charge in [-0.2, -0.15) is 17.7 Å². The third-order valence-corrected chi connectivity index (χ3v) is 3.93. The Morgan fingerprint density at radius 1 is 1.00 bits per heavy atom. The smallest absolute Gasteiger partial charge is 0.416 e. The van der Waals surface area contributed by atoms with Gasteiger partial charge in [-0.15, -0.1) is 5.10 Å². The summed E-state index contributed by atoms with van der Waals surface area (Å²) in [5, 5.41) is 13.9. The normalized spacial score (nSPS) is 12.2. The van der Waals surface area contributed by atoms with Crippen LogP contribution in [-0.2, 0) is 6.18 Å². The van der Waals surface area contributed by atoms with Gasteiger partial charge in [-0.1, -0.05) is 0 Å². The van der Waals surface area contributed by atoms with Gasteiger partial charge in [0.25, 0.3) is 0 Å². The average Bonchev–Trinajstić information content (AvgIpc) is 3.00. The summed E-state index contributed by atoms with van der Waals surface area (Å²) in [6.07, 6.45) is -4.47. The Hall–Kier alpha value is -2.87. The molecule has 0 aliphatic rings. The van der Waals surface area contributed by atoms with Crippen LogP contribution in [-0.4, -0.2) is 24.7 Å². The molecule has 4 aromatic rings. The largest absolute Gasteiger partial charge is 0.508 e. The lowest BCUT2D eigenvalue weighted by molar-refractivity contribution is -0.137. The molecule has 2 aromatic heterocycles. The molecule has 0 aliphatic carbocycles. The van der Waals surface area contributed by atoms with Gasteiger partial charge in [0.2, 0.25) is 5.28 Å². The number of hydrogen-bond donors (Lipinski definition) is 1. The Bertz CT molecular complexity index is 1110. The van der Waals surface area contributed by atoms with Gasteiger partial charge in [0.1, 0.15) is 5.75 Å². The minimum Gasteiger partial charge on any atom is -0.508 e. The van der Waals surface area contributed by atoms with Crippen LogP contribution >= 0.6 is 11.6 Å². The lowest BCUT2D eigenvalue weighted by Crippen LogP contribution is -2.05. The Balaban J connectivity index is 1.96. The number of fused-ring (bicyclic) bond motifs is 3. The van der Waals surface area contributed by atoms with E-state index in [1.807, 2.05) is 0 Å². The van der Waals surface area contributed by atoms with Gasteiger partial charge in [-0.25, -0.2) is 9.97 Å². The number of halogens is 4. The van der Waals surface area contributed by atoms with Gasteiger partial charge >= 0.3 is 6.18 Å². The van der Waals surface area contributed by atoms with Crippen LogP contribution in [0.25, 0.3) is 27.9 Å². The van der Waals surface area contributed by atoms with Crippen molar-refractivity contribution >= 4 is 28.2 Å². The maximum absolute atomic E-state index is 12.9. The first kappa shape index (κ1) is 15.6. The van der Waals surface area contributed by atoms with Crippen molar-refractivity contribution in [3.05, 3.63) is 53.3 Å². The van der Waals surface area contributed by atoms with E-state index in [4.69, 9.17) is 11.6 Å². The monoisotopic (exact) mass is 364 g/mol.